The van der Waals surface area contributed by atoms with Gasteiger partial charge in [-0.15, -0.1) is 0 Å². The zero-order valence-electron chi connectivity index (χ0n) is 15.0. The number of aryl methyl sites for hydroxylation is 2. The largest absolute Gasteiger partial charge is 0.493 e. The molecule has 3 rings (SSSR count). The molecule has 0 aromatic heterocycles. The molecule has 0 aliphatic carbocycles. The summed E-state index contributed by atoms with van der Waals surface area (Å²) < 4.78 is 38.2. The maximum atomic E-state index is 13.0. The molecular weight excluding hydrogens is 338 g/mol. The number of fused-ring (bicyclic) bond motifs is 1. The van der Waals surface area contributed by atoms with E-state index in [0.29, 0.717) is 35.9 Å². The van der Waals surface area contributed by atoms with Gasteiger partial charge in [-0.3, -0.25) is 0 Å². The third kappa shape index (κ3) is 3.24. The first-order valence-electron chi connectivity index (χ1n) is 8.18. The van der Waals surface area contributed by atoms with Crippen LogP contribution in [0.4, 0.5) is 0 Å². The minimum Gasteiger partial charge on any atom is -0.493 e. The van der Waals surface area contributed by atoms with Gasteiger partial charge in [-0.05, 0) is 66.8 Å². The van der Waals surface area contributed by atoms with E-state index < -0.39 is 10.0 Å². The number of hydrogen-bond acceptors (Lipinski definition) is 4. The second-order valence-electron chi connectivity index (χ2n) is 6.31. The summed E-state index contributed by atoms with van der Waals surface area (Å²) in [4.78, 5) is 0.347. The third-order valence-corrected chi connectivity index (χ3v) is 6.64. The van der Waals surface area contributed by atoms with Crippen molar-refractivity contribution in [2.24, 2.45) is 0 Å². The van der Waals surface area contributed by atoms with Crippen LogP contribution in [0.15, 0.2) is 35.2 Å². The Labute approximate surface area is 149 Å². The van der Waals surface area contributed by atoms with Gasteiger partial charge in [0.2, 0.25) is 10.0 Å². The van der Waals surface area contributed by atoms with Gasteiger partial charge in [-0.2, -0.15) is 4.31 Å². The Morgan fingerprint density at radius 2 is 1.56 bits per heavy atom. The van der Waals surface area contributed by atoms with E-state index >= 15 is 0 Å². The van der Waals surface area contributed by atoms with E-state index in [-0.39, 0.29) is 0 Å². The lowest BCUT2D eigenvalue weighted by molar-refractivity contribution is 0.348. The van der Waals surface area contributed by atoms with Gasteiger partial charge in [0.15, 0.2) is 11.5 Å². The SMILES string of the molecule is COc1cc2c(cc1OC)CN(S(=O)(=O)c1ccc(C)c(C)c1)CC2. The van der Waals surface area contributed by atoms with E-state index in [2.05, 4.69) is 0 Å². The van der Waals surface area contributed by atoms with E-state index in [1.54, 1.807) is 26.4 Å². The van der Waals surface area contributed by atoms with E-state index in [1.807, 2.05) is 32.0 Å². The summed E-state index contributed by atoms with van der Waals surface area (Å²) in [6.45, 7) is 4.70. The van der Waals surface area contributed by atoms with E-state index in [1.165, 1.54) is 4.31 Å². The van der Waals surface area contributed by atoms with Crippen molar-refractivity contribution in [3.63, 3.8) is 0 Å². The molecular formula is C19H23NO4S. The zero-order chi connectivity index (χ0) is 18.2. The molecule has 0 amide bonds. The Morgan fingerprint density at radius 1 is 0.920 bits per heavy atom. The summed E-state index contributed by atoms with van der Waals surface area (Å²) in [5.74, 6) is 1.29. The molecule has 0 saturated heterocycles. The van der Waals surface area contributed by atoms with Crippen molar-refractivity contribution in [2.75, 3.05) is 20.8 Å². The van der Waals surface area contributed by atoms with Crippen LogP contribution < -0.4 is 9.47 Å². The van der Waals surface area contributed by atoms with Gasteiger partial charge in [0.25, 0.3) is 0 Å². The maximum absolute atomic E-state index is 13.0. The van der Waals surface area contributed by atoms with Crippen LogP contribution in [0, 0.1) is 13.8 Å². The van der Waals surface area contributed by atoms with Crippen LogP contribution in [0.25, 0.3) is 0 Å². The van der Waals surface area contributed by atoms with Crippen molar-refractivity contribution < 1.29 is 17.9 Å². The number of ether oxygens (including phenoxy) is 2. The highest BCUT2D eigenvalue weighted by molar-refractivity contribution is 7.89. The second-order valence-corrected chi connectivity index (χ2v) is 8.25. The molecule has 1 aliphatic heterocycles. The molecule has 134 valence electrons. The summed E-state index contributed by atoms with van der Waals surface area (Å²) in [6.07, 6.45) is 0.653. The molecule has 5 nitrogen and oxygen atoms in total. The Morgan fingerprint density at radius 3 is 2.16 bits per heavy atom. The number of hydrogen-bond donors (Lipinski definition) is 0. The van der Waals surface area contributed by atoms with E-state index in [0.717, 1.165) is 22.3 Å². The molecule has 0 radical (unpaired) electrons. The van der Waals surface area contributed by atoms with Crippen LogP contribution in [0.1, 0.15) is 22.3 Å². The van der Waals surface area contributed by atoms with Gasteiger partial charge >= 0.3 is 0 Å². The molecule has 0 atom stereocenters. The highest BCUT2D eigenvalue weighted by atomic mass is 32.2. The predicted molar refractivity (Wildman–Crippen MR) is 96.8 cm³/mol. The van der Waals surface area contributed by atoms with Crippen molar-refractivity contribution in [3.8, 4) is 11.5 Å². The molecule has 0 bridgehead atoms. The quantitative estimate of drug-likeness (QED) is 0.840. The molecule has 0 spiro atoms. The Kier molecular flexibility index (Phi) is 4.75. The average Bonchev–Trinajstić information content (AvgIpc) is 2.62. The molecule has 2 aromatic rings. The summed E-state index contributed by atoms with van der Waals surface area (Å²) in [6, 6.07) is 9.09. The monoisotopic (exact) mass is 361 g/mol. The van der Waals surface area contributed by atoms with Gasteiger partial charge in [-0.25, -0.2) is 8.42 Å². The fourth-order valence-corrected chi connectivity index (χ4v) is 4.59. The van der Waals surface area contributed by atoms with Crippen LogP contribution in [-0.4, -0.2) is 33.5 Å². The van der Waals surface area contributed by atoms with Gasteiger partial charge in [0.05, 0.1) is 19.1 Å². The third-order valence-electron chi connectivity index (χ3n) is 4.80. The zero-order valence-corrected chi connectivity index (χ0v) is 15.8. The van der Waals surface area contributed by atoms with E-state index in [4.69, 9.17) is 9.47 Å². The first kappa shape index (κ1) is 17.8. The van der Waals surface area contributed by atoms with Gasteiger partial charge in [0.1, 0.15) is 0 Å². The van der Waals surface area contributed by atoms with Crippen LogP contribution in [-0.2, 0) is 23.0 Å². The summed E-state index contributed by atoms with van der Waals surface area (Å²) in [5, 5.41) is 0. The lowest BCUT2D eigenvalue weighted by atomic mass is 10.0. The van der Waals surface area contributed by atoms with Crippen LogP contribution >= 0.6 is 0 Å². The number of benzene rings is 2. The minimum atomic E-state index is -3.52. The van der Waals surface area contributed by atoms with Crippen LogP contribution in [0.2, 0.25) is 0 Å². The van der Waals surface area contributed by atoms with Crippen molar-refractivity contribution in [1.29, 1.82) is 0 Å². The number of sulfonamides is 1. The molecule has 0 unspecified atom stereocenters. The first-order valence-corrected chi connectivity index (χ1v) is 9.62. The van der Waals surface area contributed by atoms with Crippen molar-refractivity contribution >= 4 is 10.0 Å². The lowest BCUT2D eigenvalue weighted by Gasteiger charge is -2.29. The predicted octanol–water partition coefficient (Wildman–Crippen LogP) is 3.07. The first-order chi connectivity index (χ1) is 11.9. The Hall–Kier alpha value is -2.05. The maximum Gasteiger partial charge on any atom is 0.243 e. The second kappa shape index (κ2) is 6.69. The van der Waals surface area contributed by atoms with Crippen molar-refractivity contribution in [3.05, 3.63) is 52.6 Å². The van der Waals surface area contributed by atoms with Gasteiger partial charge < -0.3 is 9.47 Å². The number of rotatable bonds is 4. The summed E-state index contributed by atoms with van der Waals surface area (Å²) in [5.41, 5.74) is 4.12. The Balaban J connectivity index is 1.95. The molecule has 0 N–H and O–H groups in total. The van der Waals surface area contributed by atoms with E-state index in [9.17, 15) is 8.42 Å². The number of nitrogens with zero attached hydrogens (tertiary/aromatic N) is 1. The van der Waals surface area contributed by atoms with Crippen LogP contribution in [0.5, 0.6) is 11.5 Å². The molecule has 2 aromatic carbocycles. The average molecular weight is 361 g/mol. The van der Waals surface area contributed by atoms with Gasteiger partial charge in [0, 0.05) is 13.1 Å². The molecule has 1 aliphatic rings. The fraction of sp³-hybridized carbons (Fsp3) is 0.368. The minimum absolute atomic E-state index is 0.338. The smallest absolute Gasteiger partial charge is 0.243 e. The normalized spacial score (nSPS) is 14.9. The van der Waals surface area contributed by atoms with Crippen LogP contribution in [0.3, 0.4) is 0 Å². The van der Waals surface area contributed by atoms with Crippen molar-refractivity contribution in [1.82, 2.24) is 4.31 Å². The number of methoxy groups -OCH3 is 2. The molecule has 0 fully saturated rings. The van der Waals surface area contributed by atoms with Crippen molar-refractivity contribution in [2.45, 2.75) is 31.7 Å². The molecule has 1 heterocycles. The molecule has 6 heteroatoms. The molecule has 0 saturated carbocycles. The molecule has 25 heavy (non-hydrogen) atoms. The highest BCUT2D eigenvalue weighted by Crippen LogP contribution is 2.34. The lowest BCUT2D eigenvalue weighted by Crippen LogP contribution is -2.36. The Bertz CT molecular complexity index is 906. The standard InChI is InChI=1S/C19H23NO4S/c1-13-5-6-17(9-14(13)2)25(21,22)20-8-7-15-10-18(23-3)19(24-4)11-16(15)12-20/h5-6,9-11H,7-8,12H2,1-4H3. The van der Waals surface area contributed by atoms with Gasteiger partial charge in [-0.1, -0.05) is 6.07 Å². The highest BCUT2D eigenvalue weighted by Gasteiger charge is 2.29. The topological polar surface area (TPSA) is 55.8 Å². The summed E-state index contributed by atoms with van der Waals surface area (Å²) >= 11 is 0. The fourth-order valence-electron chi connectivity index (χ4n) is 3.09. The summed E-state index contributed by atoms with van der Waals surface area (Å²) in [7, 11) is -0.337.